The van der Waals surface area contributed by atoms with Crippen molar-refractivity contribution in [3.05, 3.63) is 53.0 Å². The molecule has 2 aromatic rings. The van der Waals surface area contributed by atoms with Gasteiger partial charge in [-0.25, -0.2) is 13.9 Å². The topological polar surface area (TPSA) is 38.8 Å². The summed E-state index contributed by atoms with van der Waals surface area (Å²) in [5.74, 6) is -11.7. The molecule has 0 amide bonds. The second kappa shape index (κ2) is 8.51. The fraction of sp³-hybridized carbons (Fsp3) is 0.316. The van der Waals surface area contributed by atoms with Crippen LogP contribution in [0.5, 0.6) is 5.75 Å². The van der Waals surface area contributed by atoms with E-state index in [4.69, 9.17) is 0 Å². The third kappa shape index (κ3) is 4.30. The Balaban J connectivity index is 2.05. The standard InChI is InChI=1S/C19H8BrF12NO3/c20-11-5-1-9(2-6-11)10-3-7-12(8-4-10)35-13(34)14(21,15(22,23)24)33-16(25,26)18(29,30)36-19(31,32)17(33,27)28/h1-8H/t14-/m1/s1. The van der Waals surface area contributed by atoms with Crippen molar-refractivity contribution in [3.8, 4) is 16.9 Å². The van der Waals surface area contributed by atoms with Crippen molar-refractivity contribution in [1.82, 2.24) is 4.90 Å². The van der Waals surface area contributed by atoms with E-state index in [1.54, 1.807) is 24.3 Å². The minimum absolute atomic E-state index is 0.315. The van der Waals surface area contributed by atoms with E-state index in [2.05, 4.69) is 20.7 Å². The summed E-state index contributed by atoms with van der Waals surface area (Å²) in [7, 11) is 0. The normalized spacial score (nSPS) is 22.5. The highest BCUT2D eigenvalue weighted by molar-refractivity contribution is 9.10. The van der Waals surface area contributed by atoms with E-state index in [0.717, 1.165) is 12.1 Å². The number of carbonyl (C=O) groups excluding carboxylic acids is 1. The van der Waals surface area contributed by atoms with Crippen molar-refractivity contribution in [3.63, 3.8) is 0 Å². The number of ether oxygens (including phenoxy) is 2. The van der Waals surface area contributed by atoms with Crippen molar-refractivity contribution >= 4 is 21.9 Å². The van der Waals surface area contributed by atoms with Crippen molar-refractivity contribution < 1.29 is 67.0 Å². The highest BCUT2D eigenvalue weighted by atomic mass is 79.9. The third-order valence-electron chi connectivity index (χ3n) is 4.72. The predicted molar refractivity (Wildman–Crippen MR) is 97.8 cm³/mol. The molecule has 1 saturated heterocycles. The quantitative estimate of drug-likeness (QED) is 0.164. The monoisotopic (exact) mass is 605 g/mol. The molecule has 0 unspecified atom stereocenters. The number of rotatable bonds is 4. The number of nitrogens with zero attached hydrogens (tertiary/aromatic N) is 1. The molecule has 0 N–H and O–H groups in total. The molecule has 3 rings (SSSR count). The molecular formula is C19H8BrF12NO3. The van der Waals surface area contributed by atoms with E-state index < -0.39 is 52.9 Å². The summed E-state index contributed by atoms with van der Waals surface area (Å²) < 4.78 is 171. The average molecular weight is 606 g/mol. The average Bonchev–Trinajstić information content (AvgIpc) is 2.72. The third-order valence-corrected chi connectivity index (χ3v) is 5.24. The van der Waals surface area contributed by atoms with Gasteiger partial charge >= 0.3 is 42.2 Å². The van der Waals surface area contributed by atoms with E-state index in [0.29, 0.717) is 27.7 Å². The molecule has 17 heteroatoms. The predicted octanol–water partition coefficient (Wildman–Crippen LogP) is 6.95. The summed E-state index contributed by atoms with van der Waals surface area (Å²) in [5, 5.41) is 0. The van der Waals surface area contributed by atoms with E-state index >= 15 is 0 Å². The van der Waals surface area contributed by atoms with Gasteiger partial charge in [0.05, 0.1) is 0 Å². The highest BCUT2D eigenvalue weighted by Crippen LogP contribution is 2.60. The highest BCUT2D eigenvalue weighted by Gasteiger charge is 2.91. The van der Waals surface area contributed by atoms with Gasteiger partial charge in [0.15, 0.2) is 0 Å². The van der Waals surface area contributed by atoms with Crippen molar-refractivity contribution in [2.24, 2.45) is 0 Å². The molecule has 1 aliphatic heterocycles. The van der Waals surface area contributed by atoms with Gasteiger partial charge in [0, 0.05) is 4.47 Å². The first-order chi connectivity index (χ1) is 16.2. The van der Waals surface area contributed by atoms with E-state index in [1.165, 1.54) is 0 Å². The number of carbonyl (C=O) groups is 1. The van der Waals surface area contributed by atoms with Crippen LogP contribution in [0.1, 0.15) is 0 Å². The molecule has 36 heavy (non-hydrogen) atoms. The molecule has 1 aliphatic rings. The van der Waals surface area contributed by atoms with Crippen LogP contribution in [0.3, 0.4) is 0 Å². The summed E-state index contributed by atoms with van der Waals surface area (Å²) in [4.78, 5) is 8.42. The van der Waals surface area contributed by atoms with Gasteiger partial charge < -0.3 is 4.74 Å². The van der Waals surface area contributed by atoms with Crippen LogP contribution in [0.25, 0.3) is 11.1 Å². The fourth-order valence-electron chi connectivity index (χ4n) is 2.97. The number of hydrogen-bond acceptors (Lipinski definition) is 4. The Morgan fingerprint density at radius 3 is 1.53 bits per heavy atom. The molecule has 1 atom stereocenters. The molecule has 4 nitrogen and oxygen atoms in total. The SMILES string of the molecule is O=C(Oc1ccc(-c2ccc(Br)cc2)cc1)[C@@](F)(N1C(F)(F)C(F)(F)OC(F)(F)C1(F)F)C(F)(F)F. The Hall–Kier alpha value is -2.53. The van der Waals surface area contributed by atoms with Crippen LogP contribution in [0.2, 0.25) is 0 Å². The molecule has 0 bridgehead atoms. The van der Waals surface area contributed by atoms with Crippen LogP contribution in [0, 0.1) is 0 Å². The van der Waals surface area contributed by atoms with Gasteiger partial charge in [-0.05, 0) is 35.4 Å². The Morgan fingerprint density at radius 1 is 0.750 bits per heavy atom. The van der Waals surface area contributed by atoms with Gasteiger partial charge in [0.2, 0.25) is 0 Å². The Labute approximate surface area is 200 Å². The molecule has 0 aromatic heterocycles. The molecule has 2 aromatic carbocycles. The van der Waals surface area contributed by atoms with Gasteiger partial charge in [0.25, 0.3) is 0 Å². The second-order valence-electron chi connectivity index (χ2n) is 7.09. The van der Waals surface area contributed by atoms with Gasteiger partial charge in [-0.1, -0.05) is 40.2 Å². The molecule has 1 fully saturated rings. The van der Waals surface area contributed by atoms with E-state index in [-0.39, 0.29) is 0 Å². The van der Waals surface area contributed by atoms with Crippen molar-refractivity contribution in [2.45, 2.75) is 36.3 Å². The van der Waals surface area contributed by atoms with Crippen molar-refractivity contribution in [1.29, 1.82) is 0 Å². The lowest BCUT2D eigenvalue weighted by atomic mass is 10.1. The first-order valence-electron chi connectivity index (χ1n) is 9.04. The lowest BCUT2D eigenvalue weighted by Gasteiger charge is -2.50. The van der Waals surface area contributed by atoms with Crippen LogP contribution >= 0.6 is 15.9 Å². The first-order valence-corrected chi connectivity index (χ1v) is 9.83. The van der Waals surface area contributed by atoms with Crippen LogP contribution in [0.4, 0.5) is 52.7 Å². The number of morpholine rings is 1. The number of benzene rings is 2. The minimum Gasteiger partial charge on any atom is -0.423 e. The summed E-state index contributed by atoms with van der Waals surface area (Å²) >= 11 is 3.16. The Morgan fingerprint density at radius 2 is 1.14 bits per heavy atom. The van der Waals surface area contributed by atoms with Crippen LogP contribution in [0.15, 0.2) is 53.0 Å². The number of esters is 1. The minimum atomic E-state index is -7.22. The molecular weight excluding hydrogens is 598 g/mol. The largest absolute Gasteiger partial charge is 0.448 e. The number of halogens is 13. The number of hydrogen-bond donors (Lipinski definition) is 0. The maximum atomic E-state index is 15.0. The van der Waals surface area contributed by atoms with Gasteiger partial charge in [-0.15, -0.1) is 4.90 Å². The van der Waals surface area contributed by atoms with E-state index in [9.17, 15) is 57.5 Å². The Kier molecular flexibility index (Phi) is 6.63. The zero-order valence-electron chi connectivity index (χ0n) is 16.7. The molecule has 0 saturated carbocycles. The van der Waals surface area contributed by atoms with Crippen molar-refractivity contribution in [2.75, 3.05) is 0 Å². The zero-order valence-corrected chi connectivity index (χ0v) is 18.3. The summed E-state index contributed by atoms with van der Waals surface area (Å²) in [6.45, 7) is 0. The van der Waals surface area contributed by atoms with E-state index in [1.807, 2.05) is 4.74 Å². The van der Waals surface area contributed by atoms with Gasteiger partial charge in [-0.3, -0.25) is 0 Å². The summed E-state index contributed by atoms with van der Waals surface area (Å²) in [6, 6.07) is -4.56. The molecule has 1 heterocycles. The molecule has 198 valence electrons. The van der Waals surface area contributed by atoms with Gasteiger partial charge in [-0.2, -0.15) is 48.3 Å². The van der Waals surface area contributed by atoms with Gasteiger partial charge in [0.1, 0.15) is 5.75 Å². The maximum absolute atomic E-state index is 15.0. The molecule has 0 spiro atoms. The van der Waals surface area contributed by atoms with Crippen LogP contribution in [-0.2, 0) is 9.53 Å². The summed E-state index contributed by atoms with van der Waals surface area (Å²) in [6.07, 6.45) is -20.8. The fourth-order valence-corrected chi connectivity index (χ4v) is 3.24. The molecule has 0 radical (unpaired) electrons. The van der Waals surface area contributed by atoms with Crippen LogP contribution in [-0.4, -0.2) is 47.1 Å². The first kappa shape index (κ1) is 28.0. The molecule has 0 aliphatic carbocycles. The second-order valence-corrected chi connectivity index (χ2v) is 8.01. The maximum Gasteiger partial charge on any atom is 0.448 e. The lowest BCUT2D eigenvalue weighted by molar-refractivity contribution is -0.583. The number of alkyl halides is 12. The smallest absolute Gasteiger partial charge is 0.423 e. The lowest BCUT2D eigenvalue weighted by Crippen LogP contribution is -2.82. The Bertz CT molecular complexity index is 1110. The van der Waals surface area contributed by atoms with Crippen LogP contribution < -0.4 is 4.74 Å². The zero-order chi connectivity index (χ0) is 27.5. The summed E-state index contributed by atoms with van der Waals surface area (Å²) in [5.41, 5.74) is 0.804.